The molecule has 0 aliphatic rings. The molecule has 0 N–H and O–H groups in total. The molecule has 12 aromatic rings. The lowest BCUT2D eigenvalue weighted by molar-refractivity contribution is 0.671. The van der Waals surface area contributed by atoms with Gasteiger partial charge in [-0.3, -0.25) is 4.57 Å². The monoisotopic (exact) mass is 708 g/mol. The van der Waals surface area contributed by atoms with Crippen molar-refractivity contribution in [3.8, 4) is 34.0 Å². The first-order valence-corrected chi connectivity index (χ1v) is 18.9. The molecule has 5 heterocycles. The number of hydrogen-bond acceptors (Lipinski definition) is 4. The first kappa shape index (κ1) is 29.5. The largest absolute Gasteiger partial charge is 0.451 e. The van der Waals surface area contributed by atoms with Gasteiger partial charge < -0.3 is 8.98 Å². The van der Waals surface area contributed by atoms with Crippen molar-refractivity contribution in [3.05, 3.63) is 170 Å². The molecular formula is C48H28N4OS. The standard InChI is InChI=1S/C48H28N4OS/c1-3-11-29(12-4-1)43-46-44(37-22-21-36-35-16-8-10-18-42(35)54-47(36)45(37)53-46)50-48(49-43)52-40-17-9-7-15-34(40)38-28-31(20-24-41(38)52)30-19-23-39-32(27-30)25-26-51(39)33-13-5-2-6-14-33/h1-28H. The summed E-state index contributed by atoms with van der Waals surface area (Å²) < 4.78 is 13.6. The minimum atomic E-state index is 0.614. The van der Waals surface area contributed by atoms with Crippen molar-refractivity contribution >= 4 is 86.3 Å². The van der Waals surface area contributed by atoms with E-state index in [0.29, 0.717) is 11.5 Å². The Hall–Kier alpha value is -7.02. The molecule has 5 nitrogen and oxygen atoms in total. The van der Waals surface area contributed by atoms with Crippen LogP contribution in [0.5, 0.6) is 0 Å². The Morgan fingerprint density at radius 1 is 0.481 bits per heavy atom. The van der Waals surface area contributed by atoms with Gasteiger partial charge in [-0.15, -0.1) is 11.3 Å². The van der Waals surface area contributed by atoms with Gasteiger partial charge in [-0.2, -0.15) is 0 Å². The Bertz CT molecular complexity index is 3440. The summed E-state index contributed by atoms with van der Waals surface area (Å²) in [6.45, 7) is 0. The van der Waals surface area contributed by atoms with Gasteiger partial charge in [-0.25, -0.2) is 9.97 Å². The van der Waals surface area contributed by atoms with E-state index in [1.807, 2.05) is 18.2 Å². The zero-order chi connectivity index (χ0) is 35.3. The average Bonchev–Trinajstić information content (AvgIpc) is 4.01. The van der Waals surface area contributed by atoms with E-state index in [2.05, 4.69) is 161 Å². The van der Waals surface area contributed by atoms with Gasteiger partial charge in [0.2, 0.25) is 5.95 Å². The molecule has 6 heteroatoms. The van der Waals surface area contributed by atoms with Crippen molar-refractivity contribution in [1.29, 1.82) is 0 Å². The molecule has 0 radical (unpaired) electrons. The molecule has 0 aliphatic heterocycles. The molecule has 0 fully saturated rings. The Morgan fingerprint density at radius 3 is 2.06 bits per heavy atom. The van der Waals surface area contributed by atoms with Crippen LogP contribution in [0, 0.1) is 0 Å². The van der Waals surface area contributed by atoms with Crippen LogP contribution in [0.4, 0.5) is 0 Å². The zero-order valence-corrected chi connectivity index (χ0v) is 29.6. The minimum Gasteiger partial charge on any atom is -0.451 e. The van der Waals surface area contributed by atoms with Crippen molar-refractivity contribution in [3.63, 3.8) is 0 Å². The average molecular weight is 709 g/mol. The number of hydrogen-bond donors (Lipinski definition) is 0. The van der Waals surface area contributed by atoms with Crippen LogP contribution in [0.25, 0.3) is 109 Å². The highest BCUT2D eigenvalue weighted by atomic mass is 32.1. The smallest absolute Gasteiger partial charge is 0.236 e. The van der Waals surface area contributed by atoms with E-state index in [4.69, 9.17) is 14.4 Å². The third-order valence-corrected chi connectivity index (χ3v) is 12.0. The molecular weight excluding hydrogens is 681 g/mol. The van der Waals surface area contributed by atoms with Crippen LogP contribution < -0.4 is 0 Å². The van der Waals surface area contributed by atoms with Gasteiger partial charge in [0, 0.05) is 54.5 Å². The van der Waals surface area contributed by atoms with E-state index < -0.39 is 0 Å². The summed E-state index contributed by atoms with van der Waals surface area (Å²) in [5.41, 5.74) is 10.9. The van der Waals surface area contributed by atoms with E-state index in [9.17, 15) is 0 Å². The molecule has 0 amide bonds. The quantitative estimate of drug-likeness (QED) is 0.183. The predicted octanol–water partition coefficient (Wildman–Crippen LogP) is 13.1. The highest BCUT2D eigenvalue weighted by molar-refractivity contribution is 7.26. The van der Waals surface area contributed by atoms with Crippen LogP contribution >= 0.6 is 11.3 Å². The summed E-state index contributed by atoms with van der Waals surface area (Å²) in [4.78, 5) is 10.7. The molecule has 7 aromatic carbocycles. The highest BCUT2D eigenvalue weighted by Crippen LogP contribution is 2.44. The summed E-state index contributed by atoms with van der Waals surface area (Å²) in [6, 6.07) is 58.0. The molecule has 0 saturated heterocycles. The second kappa shape index (κ2) is 11.2. The SMILES string of the molecule is c1ccc(-c2nc(-n3c4ccccc4c4cc(-c5ccc6c(ccn6-c6ccccc6)c5)ccc43)nc3c2oc2c3ccc3c4ccccc4sc32)cc1. The van der Waals surface area contributed by atoms with Crippen LogP contribution in [-0.4, -0.2) is 19.1 Å². The lowest BCUT2D eigenvalue weighted by Gasteiger charge is -2.10. The maximum Gasteiger partial charge on any atom is 0.236 e. The van der Waals surface area contributed by atoms with E-state index >= 15 is 0 Å². The summed E-state index contributed by atoms with van der Waals surface area (Å²) in [7, 11) is 0. The van der Waals surface area contributed by atoms with Crippen molar-refractivity contribution in [1.82, 2.24) is 19.1 Å². The number of thiophene rings is 1. The lowest BCUT2D eigenvalue weighted by atomic mass is 10.0. The molecule has 0 aliphatic carbocycles. The van der Waals surface area contributed by atoms with Gasteiger partial charge in [0.25, 0.3) is 0 Å². The van der Waals surface area contributed by atoms with Crippen LogP contribution in [0.1, 0.15) is 0 Å². The zero-order valence-electron chi connectivity index (χ0n) is 28.8. The molecule has 5 aromatic heterocycles. The Labute approximate surface area is 312 Å². The number of fused-ring (bicyclic) bond motifs is 11. The van der Waals surface area contributed by atoms with E-state index in [1.54, 1.807) is 11.3 Å². The molecule has 0 spiro atoms. The van der Waals surface area contributed by atoms with Gasteiger partial charge in [0.15, 0.2) is 11.2 Å². The molecule has 0 atom stereocenters. The van der Waals surface area contributed by atoms with Crippen molar-refractivity contribution in [2.24, 2.45) is 0 Å². The maximum atomic E-state index is 6.82. The Balaban J connectivity index is 1.08. The molecule has 0 saturated carbocycles. The number of aromatic nitrogens is 4. The summed E-state index contributed by atoms with van der Waals surface area (Å²) in [5.74, 6) is 0.614. The molecule has 0 unspecified atom stereocenters. The highest BCUT2D eigenvalue weighted by Gasteiger charge is 2.23. The summed E-state index contributed by atoms with van der Waals surface area (Å²) in [6.07, 6.45) is 2.15. The number of benzene rings is 7. The lowest BCUT2D eigenvalue weighted by Crippen LogP contribution is -2.02. The first-order chi connectivity index (χ1) is 26.8. The minimum absolute atomic E-state index is 0.614. The molecule has 54 heavy (non-hydrogen) atoms. The molecule has 252 valence electrons. The number of nitrogens with zero attached hydrogens (tertiary/aromatic N) is 4. The number of para-hydroxylation sites is 2. The van der Waals surface area contributed by atoms with Crippen LogP contribution in [0.15, 0.2) is 174 Å². The van der Waals surface area contributed by atoms with Gasteiger partial charge in [-0.05, 0) is 71.8 Å². The van der Waals surface area contributed by atoms with Gasteiger partial charge >= 0.3 is 0 Å². The number of rotatable bonds is 4. The Morgan fingerprint density at radius 2 is 1.19 bits per heavy atom. The van der Waals surface area contributed by atoms with Gasteiger partial charge in [0.05, 0.1) is 21.3 Å². The summed E-state index contributed by atoms with van der Waals surface area (Å²) in [5, 5.41) is 6.94. The van der Waals surface area contributed by atoms with Crippen LogP contribution in [0.3, 0.4) is 0 Å². The predicted molar refractivity (Wildman–Crippen MR) is 224 cm³/mol. The van der Waals surface area contributed by atoms with Crippen molar-refractivity contribution in [2.75, 3.05) is 0 Å². The van der Waals surface area contributed by atoms with E-state index in [0.717, 1.165) is 65.5 Å². The Kier molecular flexibility index (Phi) is 6.15. The van der Waals surface area contributed by atoms with Crippen LogP contribution in [0.2, 0.25) is 0 Å². The second-order valence-electron chi connectivity index (χ2n) is 13.8. The molecule has 12 rings (SSSR count). The fraction of sp³-hybridized carbons (Fsp3) is 0. The van der Waals surface area contributed by atoms with Gasteiger partial charge in [0.1, 0.15) is 11.2 Å². The number of furan rings is 1. The third-order valence-electron chi connectivity index (χ3n) is 10.8. The second-order valence-corrected chi connectivity index (χ2v) is 14.9. The van der Waals surface area contributed by atoms with Gasteiger partial charge in [-0.1, -0.05) is 103 Å². The topological polar surface area (TPSA) is 48.8 Å². The normalized spacial score (nSPS) is 12.1. The van der Waals surface area contributed by atoms with Crippen molar-refractivity contribution in [2.45, 2.75) is 0 Å². The van der Waals surface area contributed by atoms with E-state index in [1.165, 1.54) is 31.9 Å². The fourth-order valence-corrected chi connectivity index (χ4v) is 9.45. The summed E-state index contributed by atoms with van der Waals surface area (Å²) >= 11 is 1.77. The van der Waals surface area contributed by atoms with Crippen LogP contribution in [-0.2, 0) is 0 Å². The fourth-order valence-electron chi connectivity index (χ4n) is 8.27. The first-order valence-electron chi connectivity index (χ1n) is 18.1. The molecule has 0 bridgehead atoms. The van der Waals surface area contributed by atoms with Crippen molar-refractivity contribution < 1.29 is 4.42 Å². The third kappa shape index (κ3) is 4.26. The maximum absolute atomic E-state index is 6.82. The van der Waals surface area contributed by atoms with E-state index in [-0.39, 0.29) is 0 Å².